The van der Waals surface area contributed by atoms with E-state index in [2.05, 4.69) is 20.3 Å². The number of rotatable bonds is 7. The van der Waals surface area contributed by atoms with Crippen LogP contribution in [0.5, 0.6) is 0 Å². The zero-order valence-corrected chi connectivity index (χ0v) is 17.7. The van der Waals surface area contributed by atoms with Gasteiger partial charge in [-0.3, -0.25) is 4.79 Å². The average molecular weight is 465 g/mol. The van der Waals surface area contributed by atoms with Gasteiger partial charge in [-0.15, -0.1) is 0 Å². The second kappa shape index (κ2) is 9.88. The van der Waals surface area contributed by atoms with E-state index in [-0.39, 0.29) is 30.3 Å². The van der Waals surface area contributed by atoms with Crippen molar-refractivity contribution in [3.05, 3.63) is 71.7 Å². The Kier molecular flexibility index (Phi) is 7.19. The van der Waals surface area contributed by atoms with Gasteiger partial charge in [-0.25, -0.2) is 23.7 Å². The number of nitrogens with one attached hydrogen (secondary N) is 1. The number of carbonyl (C=O) groups is 1. The quantitative estimate of drug-likeness (QED) is 0.508. The molecule has 11 heteroatoms. The summed E-state index contributed by atoms with van der Waals surface area (Å²) in [5.41, 5.74) is -0.810. The molecule has 1 amide bonds. The van der Waals surface area contributed by atoms with Crippen LogP contribution in [0.15, 0.2) is 48.9 Å². The van der Waals surface area contributed by atoms with Gasteiger partial charge in [0.2, 0.25) is 0 Å². The molecule has 33 heavy (non-hydrogen) atoms. The van der Waals surface area contributed by atoms with Crippen LogP contribution >= 0.6 is 0 Å². The standard InChI is InChI=1S/C22H20F5N5O/c1-3-32(13(2)11-30-20-18(24)9-14(12-31-20)22(25,26)27)21(33)17-10-15(23)5-6-16(17)19-28-7-4-8-29-19/h4-10,12-13H,3,11H2,1-2H3,(H,30,31). The molecule has 0 saturated carbocycles. The number of hydrogen-bond donors (Lipinski definition) is 1. The molecule has 1 aromatic carbocycles. The minimum atomic E-state index is -4.71. The number of hydrogen-bond acceptors (Lipinski definition) is 5. The number of nitrogens with zero attached hydrogens (tertiary/aromatic N) is 4. The predicted molar refractivity (Wildman–Crippen MR) is 111 cm³/mol. The lowest BCUT2D eigenvalue weighted by Crippen LogP contribution is -2.42. The highest BCUT2D eigenvalue weighted by Crippen LogP contribution is 2.30. The maximum Gasteiger partial charge on any atom is 0.417 e. The number of halogens is 5. The van der Waals surface area contributed by atoms with Gasteiger partial charge in [0, 0.05) is 43.3 Å². The highest BCUT2D eigenvalue weighted by atomic mass is 19.4. The van der Waals surface area contributed by atoms with Crippen LogP contribution in [-0.2, 0) is 6.18 Å². The normalized spacial score (nSPS) is 12.3. The van der Waals surface area contributed by atoms with Crippen molar-refractivity contribution in [1.29, 1.82) is 0 Å². The zero-order chi connectivity index (χ0) is 24.2. The monoisotopic (exact) mass is 465 g/mol. The molecule has 0 aliphatic heterocycles. The lowest BCUT2D eigenvalue weighted by Gasteiger charge is -2.29. The van der Waals surface area contributed by atoms with Crippen LogP contribution in [0.4, 0.5) is 27.8 Å². The van der Waals surface area contributed by atoms with Gasteiger partial charge in [-0.1, -0.05) is 0 Å². The fraction of sp³-hybridized carbons (Fsp3) is 0.273. The highest BCUT2D eigenvalue weighted by Gasteiger charge is 2.32. The van der Waals surface area contributed by atoms with Crippen molar-refractivity contribution in [3.8, 4) is 11.4 Å². The summed E-state index contributed by atoms with van der Waals surface area (Å²) in [6.45, 7) is 3.59. The lowest BCUT2D eigenvalue weighted by atomic mass is 10.0. The third-order valence-corrected chi connectivity index (χ3v) is 4.89. The molecule has 174 valence electrons. The number of benzene rings is 1. The van der Waals surface area contributed by atoms with Crippen LogP contribution in [0.25, 0.3) is 11.4 Å². The molecule has 2 aromatic heterocycles. The molecule has 0 spiro atoms. The maximum atomic E-state index is 14.1. The van der Waals surface area contributed by atoms with Gasteiger partial charge in [-0.05, 0) is 44.2 Å². The van der Waals surface area contributed by atoms with E-state index in [0.717, 1.165) is 6.07 Å². The number of carbonyl (C=O) groups excluding carboxylic acids is 1. The maximum absolute atomic E-state index is 14.1. The molecule has 0 fully saturated rings. The molecule has 0 aliphatic carbocycles. The van der Waals surface area contributed by atoms with E-state index in [9.17, 15) is 26.7 Å². The molecule has 1 atom stereocenters. The summed E-state index contributed by atoms with van der Waals surface area (Å²) in [4.78, 5) is 26.4. The van der Waals surface area contributed by atoms with Crippen molar-refractivity contribution in [2.45, 2.75) is 26.1 Å². The van der Waals surface area contributed by atoms with Crippen molar-refractivity contribution in [2.24, 2.45) is 0 Å². The summed E-state index contributed by atoms with van der Waals surface area (Å²) in [7, 11) is 0. The largest absolute Gasteiger partial charge is 0.417 e. The van der Waals surface area contributed by atoms with E-state index in [0.29, 0.717) is 17.8 Å². The van der Waals surface area contributed by atoms with Gasteiger partial charge >= 0.3 is 6.18 Å². The number of amides is 1. The first-order valence-corrected chi connectivity index (χ1v) is 9.96. The Bertz CT molecular complexity index is 1120. The van der Waals surface area contributed by atoms with Crippen LogP contribution in [0, 0.1) is 11.6 Å². The average Bonchev–Trinajstić information content (AvgIpc) is 2.78. The Labute approximate surface area is 186 Å². The second-order valence-electron chi connectivity index (χ2n) is 7.14. The zero-order valence-electron chi connectivity index (χ0n) is 17.7. The van der Waals surface area contributed by atoms with Gasteiger partial charge in [0.1, 0.15) is 5.82 Å². The Morgan fingerprint density at radius 1 is 1.12 bits per heavy atom. The van der Waals surface area contributed by atoms with Crippen molar-refractivity contribution in [1.82, 2.24) is 19.9 Å². The molecule has 2 heterocycles. The van der Waals surface area contributed by atoms with Gasteiger partial charge < -0.3 is 10.2 Å². The van der Waals surface area contributed by atoms with Gasteiger partial charge in [0.05, 0.1) is 11.1 Å². The summed E-state index contributed by atoms with van der Waals surface area (Å²) < 4.78 is 66.1. The smallest absolute Gasteiger partial charge is 0.366 e. The Morgan fingerprint density at radius 2 is 1.82 bits per heavy atom. The summed E-state index contributed by atoms with van der Waals surface area (Å²) in [5, 5.41) is 2.62. The molecule has 1 unspecified atom stereocenters. The summed E-state index contributed by atoms with van der Waals surface area (Å²) >= 11 is 0. The van der Waals surface area contributed by atoms with Crippen LogP contribution < -0.4 is 5.32 Å². The van der Waals surface area contributed by atoms with E-state index < -0.39 is 35.3 Å². The van der Waals surface area contributed by atoms with E-state index in [1.165, 1.54) is 29.4 Å². The third kappa shape index (κ3) is 5.60. The molecule has 0 bridgehead atoms. The molecule has 6 nitrogen and oxygen atoms in total. The number of likely N-dealkylation sites (N-methyl/N-ethyl adjacent to an activating group) is 1. The van der Waals surface area contributed by atoms with E-state index in [1.807, 2.05) is 0 Å². The van der Waals surface area contributed by atoms with E-state index in [4.69, 9.17) is 0 Å². The predicted octanol–water partition coefficient (Wildman–Crippen LogP) is 4.80. The Hall–Kier alpha value is -3.63. The van der Waals surface area contributed by atoms with Crippen LogP contribution in [0.2, 0.25) is 0 Å². The molecule has 3 aromatic rings. The van der Waals surface area contributed by atoms with Gasteiger partial charge in [0.25, 0.3) is 5.91 Å². The minimum Gasteiger partial charge on any atom is -0.366 e. The SMILES string of the molecule is CCN(C(=O)c1cc(F)ccc1-c1ncccn1)C(C)CNc1ncc(C(F)(F)F)cc1F. The topological polar surface area (TPSA) is 71.0 Å². The fourth-order valence-electron chi connectivity index (χ4n) is 3.21. The molecule has 1 N–H and O–H groups in total. The highest BCUT2D eigenvalue weighted by molar-refractivity contribution is 6.00. The molecule has 0 aliphatic rings. The lowest BCUT2D eigenvalue weighted by molar-refractivity contribution is -0.138. The first-order chi connectivity index (χ1) is 15.6. The first kappa shape index (κ1) is 24.0. The van der Waals surface area contributed by atoms with Crippen LogP contribution in [0.1, 0.15) is 29.8 Å². The van der Waals surface area contributed by atoms with Crippen molar-refractivity contribution in [3.63, 3.8) is 0 Å². The number of anilines is 1. The van der Waals surface area contributed by atoms with Crippen molar-refractivity contribution >= 4 is 11.7 Å². The summed E-state index contributed by atoms with van der Waals surface area (Å²) in [6.07, 6.45) is -1.20. The van der Waals surface area contributed by atoms with Gasteiger partial charge in [0.15, 0.2) is 17.5 Å². The third-order valence-electron chi connectivity index (χ3n) is 4.89. The first-order valence-electron chi connectivity index (χ1n) is 9.96. The van der Waals surface area contributed by atoms with Crippen LogP contribution in [0.3, 0.4) is 0 Å². The number of pyridine rings is 1. The Morgan fingerprint density at radius 3 is 2.42 bits per heavy atom. The molecule has 0 radical (unpaired) electrons. The van der Waals surface area contributed by atoms with Crippen LogP contribution in [-0.4, -0.2) is 44.9 Å². The van der Waals surface area contributed by atoms with Gasteiger partial charge in [-0.2, -0.15) is 13.2 Å². The second-order valence-corrected chi connectivity index (χ2v) is 7.14. The van der Waals surface area contributed by atoms with Crippen molar-refractivity contribution in [2.75, 3.05) is 18.4 Å². The Balaban J connectivity index is 1.80. The van der Waals surface area contributed by atoms with E-state index >= 15 is 0 Å². The van der Waals surface area contributed by atoms with Crippen molar-refractivity contribution < 1.29 is 26.7 Å². The minimum absolute atomic E-state index is 0.0125. The molecule has 3 rings (SSSR count). The molecular weight excluding hydrogens is 445 g/mol. The number of alkyl halides is 3. The molecule has 0 saturated heterocycles. The summed E-state index contributed by atoms with van der Waals surface area (Å²) in [5.74, 6) is -2.41. The van der Waals surface area contributed by atoms with E-state index in [1.54, 1.807) is 19.9 Å². The number of aromatic nitrogens is 3. The fourth-order valence-corrected chi connectivity index (χ4v) is 3.21. The summed E-state index contributed by atoms with van der Waals surface area (Å²) in [6, 6.07) is 5.11. The molecular formula is C22H20F5N5O.